The van der Waals surface area contributed by atoms with E-state index in [2.05, 4.69) is 4.98 Å². The maximum atomic E-state index is 9.46. The van der Waals surface area contributed by atoms with Crippen molar-refractivity contribution < 1.29 is 5.11 Å². The van der Waals surface area contributed by atoms with Crippen molar-refractivity contribution in [2.45, 2.75) is 5.92 Å². The summed E-state index contributed by atoms with van der Waals surface area (Å²) in [6.45, 7) is -0.0307. The van der Waals surface area contributed by atoms with Gasteiger partial charge in [0.1, 0.15) is 0 Å². The number of hydrogen-bond donors (Lipinski definition) is 3. The van der Waals surface area contributed by atoms with Gasteiger partial charge >= 0.3 is 0 Å². The zero-order valence-electron chi connectivity index (χ0n) is 8.95. The van der Waals surface area contributed by atoms with Crippen LogP contribution in [0.25, 0.3) is 0 Å². The van der Waals surface area contributed by atoms with Crippen LogP contribution in [0.4, 0.5) is 5.69 Å². The molecule has 0 aliphatic heterocycles. The number of H-pyrrole nitrogens is 1. The first-order valence-corrected chi connectivity index (χ1v) is 5.87. The van der Waals surface area contributed by atoms with Crippen LogP contribution in [0.1, 0.15) is 17.2 Å². The molecule has 0 bridgehead atoms. The summed E-state index contributed by atoms with van der Waals surface area (Å²) in [5, 5.41) is 10.3. The molecule has 1 atom stereocenters. The number of nitrogens with one attached hydrogen (secondary N) is 1. The van der Waals surface area contributed by atoms with E-state index in [1.165, 1.54) is 0 Å². The Kier molecular flexibility index (Phi) is 3.62. The summed E-state index contributed by atoms with van der Waals surface area (Å²) in [6, 6.07) is 7.23. The highest BCUT2D eigenvalue weighted by atomic mass is 35.5. The quantitative estimate of drug-likeness (QED) is 0.751. The zero-order valence-corrected chi connectivity index (χ0v) is 10.5. The molecule has 0 aliphatic rings. The van der Waals surface area contributed by atoms with Crippen LogP contribution in [0.5, 0.6) is 0 Å². The predicted octanol–water partition coefficient (Wildman–Crippen LogP) is 3.03. The molecule has 1 heterocycles. The first-order valence-electron chi connectivity index (χ1n) is 5.12. The smallest absolute Gasteiger partial charge is 0.0693 e. The number of halogens is 2. The fraction of sp³-hybridized carbons (Fsp3) is 0.167. The number of anilines is 1. The van der Waals surface area contributed by atoms with E-state index < -0.39 is 0 Å². The molecule has 1 unspecified atom stereocenters. The average molecular weight is 271 g/mol. The van der Waals surface area contributed by atoms with Crippen LogP contribution in [-0.2, 0) is 0 Å². The summed E-state index contributed by atoms with van der Waals surface area (Å²) in [6.07, 6.45) is 1.80. The molecule has 0 saturated carbocycles. The molecule has 0 aliphatic carbocycles. The van der Waals surface area contributed by atoms with Crippen molar-refractivity contribution in [3.05, 3.63) is 51.8 Å². The minimum Gasteiger partial charge on any atom is -0.396 e. The van der Waals surface area contributed by atoms with E-state index in [1.807, 2.05) is 12.1 Å². The van der Waals surface area contributed by atoms with Crippen LogP contribution in [0.3, 0.4) is 0 Å². The first-order chi connectivity index (χ1) is 8.13. The summed E-state index contributed by atoms with van der Waals surface area (Å²) < 4.78 is 0. The maximum absolute atomic E-state index is 9.46. The number of hydrogen-bond acceptors (Lipinski definition) is 2. The highest BCUT2D eigenvalue weighted by Gasteiger charge is 2.16. The summed E-state index contributed by atoms with van der Waals surface area (Å²) in [5.41, 5.74) is 7.78. The molecule has 1 aromatic heterocycles. The normalized spacial score (nSPS) is 12.6. The van der Waals surface area contributed by atoms with Crippen molar-refractivity contribution in [3.63, 3.8) is 0 Å². The maximum Gasteiger partial charge on any atom is 0.0693 e. The summed E-state index contributed by atoms with van der Waals surface area (Å²) >= 11 is 12.0. The zero-order chi connectivity index (χ0) is 12.4. The third kappa shape index (κ3) is 2.41. The molecule has 17 heavy (non-hydrogen) atoms. The van der Waals surface area contributed by atoms with Crippen molar-refractivity contribution in [2.75, 3.05) is 12.3 Å². The minimum absolute atomic E-state index is 0.0307. The molecule has 0 amide bonds. The number of benzene rings is 1. The van der Waals surface area contributed by atoms with E-state index in [1.54, 1.807) is 18.3 Å². The van der Waals surface area contributed by atoms with Gasteiger partial charge in [0, 0.05) is 17.8 Å². The lowest BCUT2D eigenvalue weighted by Crippen LogP contribution is -2.07. The van der Waals surface area contributed by atoms with Gasteiger partial charge in [0.2, 0.25) is 0 Å². The molecule has 0 fully saturated rings. The van der Waals surface area contributed by atoms with Crippen molar-refractivity contribution in [1.82, 2.24) is 4.98 Å². The Hall–Kier alpha value is -1.16. The first kappa shape index (κ1) is 12.3. The molecule has 3 nitrogen and oxygen atoms in total. The Labute approximate surface area is 109 Å². The van der Waals surface area contributed by atoms with Crippen molar-refractivity contribution >= 4 is 28.9 Å². The van der Waals surface area contributed by atoms with Gasteiger partial charge in [0.05, 0.1) is 22.3 Å². The van der Waals surface area contributed by atoms with Gasteiger partial charge in [-0.25, -0.2) is 0 Å². The second-order valence-corrected chi connectivity index (χ2v) is 4.57. The van der Waals surface area contributed by atoms with Crippen molar-refractivity contribution in [1.29, 1.82) is 0 Å². The van der Waals surface area contributed by atoms with Gasteiger partial charge in [0.25, 0.3) is 0 Å². The molecular weight excluding hydrogens is 259 g/mol. The van der Waals surface area contributed by atoms with Crippen LogP contribution in [0, 0.1) is 0 Å². The fourth-order valence-electron chi connectivity index (χ4n) is 1.75. The number of nitrogens with two attached hydrogens (primary N) is 1. The number of aliphatic hydroxyl groups excluding tert-OH is 1. The SMILES string of the molecule is Nc1c(Cl)cc(C(CO)c2ccc[nH]2)cc1Cl. The van der Waals surface area contributed by atoms with Crippen LogP contribution in [-0.4, -0.2) is 16.7 Å². The molecule has 5 heteroatoms. The van der Waals surface area contributed by atoms with E-state index in [0.29, 0.717) is 15.7 Å². The number of aromatic amines is 1. The second-order valence-electron chi connectivity index (χ2n) is 3.76. The van der Waals surface area contributed by atoms with E-state index in [9.17, 15) is 5.11 Å². The fourth-order valence-corrected chi connectivity index (χ4v) is 2.25. The van der Waals surface area contributed by atoms with Crippen LogP contribution >= 0.6 is 23.2 Å². The standard InChI is InChI=1S/C12H12Cl2N2O/c13-9-4-7(5-10(14)12(9)15)8(6-17)11-2-1-3-16-11/h1-5,8,16-17H,6,15H2. The number of aromatic nitrogens is 1. The molecule has 0 radical (unpaired) electrons. The number of rotatable bonds is 3. The number of nitrogen functional groups attached to an aromatic ring is 1. The highest BCUT2D eigenvalue weighted by Crippen LogP contribution is 2.33. The van der Waals surface area contributed by atoms with E-state index in [4.69, 9.17) is 28.9 Å². The number of aliphatic hydroxyl groups is 1. The molecule has 2 rings (SSSR count). The van der Waals surface area contributed by atoms with Gasteiger partial charge in [-0.15, -0.1) is 0 Å². The third-order valence-corrected chi connectivity index (χ3v) is 3.31. The third-order valence-electron chi connectivity index (χ3n) is 2.68. The van der Waals surface area contributed by atoms with Gasteiger partial charge in [-0.2, -0.15) is 0 Å². The lowest BCUT2D eigenvalue weighted by Gasteiger charge is -2.15. The Morgan fingerprint density at radius 3 is 2.41 bits per heavy atom. The highest BCUT2D eigenvalue weighted by molar-refractivity contribution is 6.38. The largest absolute Gasteiger partial charge is 0.396 e. The molecule has 4 N–H and O–H groups in total. The van der Waals surface area contributed by atoms with E-state index >= 15 is 0 Å². The monoisotopic (exact) mass is 270 g/mol. The Bertz CT molecular complexity index is 488. The second kappa shape index (κ2) is 5.00. The molecule has 1 aromatic carbocycles. The average Bonchev–Trinajstić information content (AvgIpc) is 2.80. The Morgan fingerprint density at radius 1 is 1.29 bits per heavy atom. The minimum atomic E-state index is -0.180. The summed E-state index contributed by atoms with van der Waals surface area (Å²) in [4.78, 5) is 3.06. The molecule has 0 spiro atoms. The van der Waals surface area contributed by atoms with E-state index in [-0.39, 0.29) is 12.5 Å². The van der Waals surface area contributed by atoms with Crippen molar-refractivity contribution in [3.8, 4) is 0 Å². The lowest BCUT2D eigenvalue weighted by atomic mass is 9.96. The van der Waals surface area contributed by atoms with Gasteiger partial charge in [0.15, 0.2) is 0 Å². The summed E-state index contributed by atoms with van der Waals surface area (Å²) in [7, 11) is 0. The predicted molar refractivity (Wildman–Crippen MR) is 70.6 cm³/mol. The molecule has 0 saturated heterocycles. The van der Waals surface area contributed by atoms with Crippen LogP contribution in [0.2, 0.25) is 10.0 Å². The lowest BCUT2D eigenvalue weighted by molar-refractivity contribution is 0.279. The van der Waals surface area contributed by atoms with Gasteiger partial charge in [-0.1, -0.05) is 23.2 Å². The summed E-state index contributed by atoms with van der Waals surface area (Å²) in [5.74, 6) is -0.180. The topological polar surface area (TPSA) is 62.0 Å². The van der Waals surface area contributed by atoms with Gasteiger partial charge < -0.3 is 15.8 Å². The van der Waals surface area contributed by atoms with Crippen molar-refractivity contribution in [2.24, 2.45) is 0 Å². The molecule has 90 valence electrons. The molecular formula is C12H12Cl2N2O. The van der Waals surface area contributed by atoms with Crippen LogP contribution in [0.15, 0.2) is 30.5 Å². The Balaban J connectivity index is 2.45. The van der Waals surface area contributed by atoms with E-state index in [0.717, 1.165) is 11.3 Å². The van der Waals surface area contributed by atoms with Gasteiger partial charge in [-0.05, 0) is 29.8 Å². The van der Waals surface area contributed by atoms with Crippen LogP contribution < -0.4 is 5.73 Å². The van der Waals surface area contributed by atoms with Gasteiger partial charge in [-0.3, -0.25) is 0 Å². The Morgan fingerprint density at radius 2 is 1.94 bits per heavy atom. The molecule has 2 aromatic rings.